The molecule has 1 aliphatic rings. The van der Waals surface area contributed by atoms with Crippen LogP contribution >= 0.6 is 0 Å². The topological polar surface area (TPSA) is 159 Å². The lowest BCUT2D eigenvalue weighted by atomic mass is 9.96. The summed E-state index contributed by atoms with van der Waals surface area (Å²) >= 11 is 0. The van der Waals surface area contributed by atoms with Crippen LogP contribution in [-0.4, -0.2) is 53.7 Å². The van der Waals surface area contributed by atoms with Crippen molar-refractivity contribution in [1.82, 2.24) is 21.3 Å². The second-order valence-electron chi connectivity index (χ2n) is 8.83. The highest BCUT2D eigenvalue weighted by Crippen LogP contribution is 2.12. The van der Waals surface area contributed by atoms with Crippen molar-refractivity contribution in [3.63, 3.8) is 0 Å². The molecular weight excluding hydrogens is 450 g/mol. The average molecular weight is 486 g/mol. The Morgan fingerprint density at radius 1 is 0.829 bits per heavy atom. The van der Waals surface area contributed by atoms with Gasteiger partial charge in [-0.1, -0.05) is 49.4 Å². The number of benzene rings is 1. The van der Waals surface area contributed by atoms with Crippen molar-refractivity contribution >= 4 is 29.5 Å². The average Bonchev–Trinajstić information content (AvgIpc) is 2.81. The molecule has 0 aliphatic carbocycles. The van der Waals surface area contributed by atoms with Gasteiger partial charge in [0.25, 0.3) is 0 Å². The molecule has 190 valence electrons. The molecule has 10 nitrogen and oxygen atoms in total. The van der Waals surface area contributed by atoms with Crippen LogP contribution in [0.15, 0.2) is 42.5 Å². The third-order valence-electron chi connectivity index (χ3n) is 5.88. The summed E-state index contributed by atoms with van der Waals surface area (Å²) in [4.78, 5) is 62.4. The van der Waals surface area contributed by atoms with Gasteiger partial charge in [0.2, 0.25) is 29.5 Å². The Labute approximate surface area is 205 Å². The quantitative estimate of drug-likeness (QED) is 0.345. The first-order chi connectivity index (χ1) is 16.6. The van der Waals surface area contributed by atoms with Gasteiger partial charge in [-0.15, -0.1) is 0 Å². The van der Waals surface area contributed by atoms with E-state index in [4.69, 9.17) is 5.73 Å². The third kappa shape index (κ3) is 8.88. The number of primary amides is 1. The van der Waals surface area contributed by atoms with E-state index in [1.165, 1.54) is 13.8 Å². The number of nitrogens with two attached hydrogens (primary N) is 1. The molecule has 0 saturated carbocycles. The Balaban J connectivity index is 2.32. The van der Waals surface area contributed by atoms with Crippen LogP contribution in [-0.2, 0) is 30.4 Å². The van der Waals surface area contributed by atoms with E-state index in [2.05, 4.69) is 21.3 Å². The van der Waals surface area contributed by atoms with E-state index in [1.54, 1.807) is 19.1 Å². The third-order valence-corrected chi connectivity index (χ3v) is 5.88. The van der Waals surface area contributed by atoms with Crippen molar-refractivity contribution in [1.29, 1.82) is 0 Å². The molecule has 0 radical (unpaired) electrons. The first-order valence-corrected chi connectivity index (χ1v) is 11.8. The SMILES string of the molecule is CC1NC(=O)C(C)NC(=O)C(C)C(CC=CCCC(N)=O)NC(=O)C(Cc2ccccc2)NC1=O. The van der Waals surface area contributed by atoms with Crippen molar-refractivity contribution in [2.24, 2.45) is 11.7 Å². The van der Waals surface area contributed by atoms with Crippen LogP contribution in [0.25, 0.3) is 0 Å². The number of rotatable bonds is 7. The van der Waals surface area contributed by atoms with Gasteiger partial charge >= 0.3 is 0 Å². The number of carbonyl (C=O) groups excluding carboxylic acids is 5. The number of allylic oxidation sites excluding steroid dienone is 1. The fraction of sp³-hybridized carbons (Fsp3) is 0.480. The minimum absolute atomic E-state index is 0.194. The Hall–Kier alpha value is -3.69. The van der Waals surface area contributed by atoms with E-state index >= 15 is 0 Å². The first-order valence-electron chi connectivity index (χ1n) is 11.8. The molecule has 1 aliphatic heterocycles. The molecule has 0 aromatic heterocycles. The summed E-state index contributed by atoms with van der Waals surface area (Å²) in [7, 11) is 0. The number of carbonyl (C=O) groups is 5. The Bertz CT molecular complexity index is 949. The Morgan fingerprint density at radius 3 is 2.06 bits per heavy atom. The van der Waals surface area contributed by atoms with Crippen LogP contribution in [0.3, 0.4) is 0 Å². The van der Waals surface area contributed by atoms with Gasteiger partial charge in [0.1, 0.15) is 18.1 Å². The van der Waals surface area contributed by atoms with E-state index < -0.39 is 59.6 Å². The van der Waals surface area contributed by atoms with Gasteiger partial charge in [0, 0.05) is 18.9 Å². The smallest absolute Gasteiger partial charge is 0.243 e. The maximum atomic E-state index is 13.3. The molecular formula is C25H35N5O5. The second kappa shape index (κ2) is 13.3. The Morgan fingerprint density at radius 2 is 1.43 bits per heavy atom. The molecule has 1 aromatic carbocycles. The van der Waals surface area contributed by atoms with Crippen LogP contribution in [0.1, 0.15) is 45.6 Å². The van der Waals surface area contributed by atoms with Crippen LogP contribution in [0, 0.1) is 5.92 Å². The van der Waals surface area contributed by atoms with E-state index in [0.29, 0.717) is 12.8 Å². The lowest BCUT2D eigenvalue weighted by Crippen LogP contribution is -2.55. The zero-order valence-corrected chi connectivity index (χ0v) is 20.4. The molecule has 1 heterocycles. The highest BCUT2D eigenvalue weighted by atomic mass is 16.2. The molecule has 35 heavy (non-hydrogen) atoms. The molecule has 5 atom stereocenters. The van der Waals surface area contributed by atoms with E-state index in [1.807, 2.05) is 30.3 Å². The van der Waals surface area contributed by atoms with Crippen molar-refractivity contribution in [3.05, 3.63) is 48.0 Å². The molecule has 5 unspecified atom stereocenters. The van der Waals surface area contributed by atoms with Gasteiger partial charge < -0.3 is 27.0 Å². The van der Waals surface area contributed by atoms with E-state index in [0.717, 1.165) is 5.56 Å². The highest BCUT2D eigenvalue weighted by Gasteiger charge is 2.32. The van der Waals surface area contributed by atoms with Crippen molar-refractivity contribution < 1.29 is 24.0 Å². The molecule has 2 rings (SSSR count). The summed E-state index contributed by atoms with van der Waals surface area (Å²) in [5.74, 6) is -2.96. The second-order valence-corrected chi connectivity index (χ2v) is 8.83. The largest absolute Gasteiger partial charge is 0.370 e. The zero-order chi connectivity index (χ0) is 26.0. The summed E-state index contributed by atoms with van der Waals surface area (Å²) in [6.45, 7) is 4.70. The maximum Gasteiger partial charge on any atom is 0.243 e. The molecule has 10 heteroatoms. The predicted octanol–water partition coefficient (Wildman–Crippen LogP) is 0.0696. The summed E-state index contributed by atoms with van der Waals surface area (Å²) in [5.41, 5.74) is 6.00. The van der Waals surface area contributed by atoms with Gasteiger partial charge in [0.05, 0.1) is 5.92 Å². The van der Waals surface area contributed by atoms with Crippen molar-refractivity contribution in [2.75, 3.05) is 0 Å². The molecule has 6 N–H and O–H groups in total. The van der Waals surface area contributed by atoms with E-state index in [-0.39, 0.29) is 12.8 Å². The van der Waals surface area contributed by atoms with Gasteiger partial charge in [0.15, 0.2) is 0 Å². The molecule has 1 fully saturated rings. The van der Waals surface area contributed by atoms with Crippen molar-refractivity contribution in [2.45, 2.75) is 70.6 Å². The van der Waals surface area contributed by atoms with Crippen LogP contribution in [0.4, 0.5) is 0 Å². The first kappa shape index (κ1) is 27.6. The lowest BCUT2D eigenvalue weighted by Gasteiger charge is -2.27. The van der Waals surface area contributed by atoms with Gasteiger partial charge in [-0.3, -0.25) is 24.0 Å². The lowest BCUT2D eigenvalue weighted by molar-refractivity contribution is -0.132. The van der Waals surface area contributed by atoms with E-state index in [9.17, 15) is 24.0 Å². The molecule has 0 spiro atoms. The number of amides is 5. The normalized spacial score (nSPS) is 26.4. The number of nitrogens with one attached hydrogen (secondary N) is 4. The van der Waals surface area contributed by atoms with Crippen LogP contribution < -0.4 is 27.0 Å². The maximum absolute atomic E-state index is 13.3. The predicted molar refractivity (Wildman–Crippen MR) is 131 cm³/mol. The molecule has 5 amide bonds. The molecule has 1 aromatic rings. The summed E-state index contributed by atoms with van der Waals surface area (Å²) in [6.07, 6.45) is 4.72. The Kier molecular flexibility index (Phi) is 10.4. The molecule has 0 bridgehead atoms. The fourth-order valence-electron chi connectivity index (χ4n) is 3.61. The van der Waals surface area contributed by atoms with Crippen LogP contribution in [0.2, 0.25) is 0 Å². The highest BCUT2D eigenvalue weighted by molar-refractivity contribution is 5.95. The fourth-order valence-corrected chi connectivity index (χ4v) is 3.61. The summed E-state index contributed by atoms with van der Waals surface area (Å²) in [5, 5.41) is 10.9. The van der Waals surface area contributed by atoms with Crippen molar-refractivity contribution in [3.8, 4) is 0 Å². The standard InChI is InChI=1S/C25H35N5O5/c1-15-19(12-8-5-9-13-21(26)31)29-25(35)20(14-18-10-6-4-7-11-18)30-24(34)17(3)28-23(33)16(2)27-22(15)32/h4-8,10-11,15-17,19-20H,9,12-14H2,1-3H3,(H2,26,31)(H,27,32)(H,28,33)(H,29,35)(H,30,34). The monoisotopic (exact) mass is 485 g/mol. The minimum Gasteiger partial charge on any atom is -0.370 e. The van der Waals surface area contributed by atoms with Gasteiger partial charge in [-0.05, 0) is 32.3 Å². The minimum atomic E-state index is -0.918. The summed E-state index contributed by atoms with van der Waals surface area (Å²) in [6, 6.07) is 5.92. The zero-order valence-electron chi connectivity index (χ0n) is 20.4. The van der Waals surface area contributed by atoms with Gasteiger partial charge in [-0.2, -0.15) is 0 Å². The number of hydrogen-bond acceptors (Lipinski definition) is 5. The van der Waals surface area contributed by atoms with Crippen LogP contribution in [0.5, 0.6) is 0 Å². The summed E-state index contributed by atoms with van der Waals surface area (Å²) < 4.78 is 0. The number of hydrogen-bond donors (Lipinski definition) is 5. The van der Waals surface area contributed by atoms with Gasteiger partial charge in [-0.25, -0.2) is 0 Å². The molecule has 1 saturated heterocycles.